The number of benzene rings is 2. The Labute approximate surface area is 289 Å². The smallest absolute Gasteiger partial charge is 0.355 e. The van der Waals surface area contributed by atoms with Gasteiger partial charge < -0.3 is 24.6 Å². The minimum Gasteiger partial charge on any atom is -0.382 e. The van der Waals surface area contributed by atoms with E-state index in [4.69, 9.17) is 9.47 Å². The number of carbonyl (C=O) groups is 2. The Bertz CT molecular complexity index is 1980. The van der Waals surface area contributed by atoms with Gasteiger partial charge in [-0.25, -0.2) is 23.1 Å². The summed E-state index contributed by atoms with van der Waals surface area (Å²) in [4.78, 5) is 51.5. The van der Waals surface area contributed by atoms with Crippen molar-refractivity contribution >= 4 is 34.4 Å². The van der Waals surface area contributed by atoms with Crippen LogP contribution in [0.5, 0.6) is 0 Å². The topological polar surface area (TPSA) is 119 Å². The number of aromatic nitrogens is 3. The largest absolute Gasteiger partial charge is 0.382 e. The number of fused-ring (bicyclic) bond motifs is 1. The van der Waals surface area contributed by atoms with Gasteiger partial charge in [-0.05, 0) is 61.2 Å². The maximum atomic E-state index is 16.2. The van der Waals surface area contributed by atoms with Gasteiger partial charge in [-0.2, -0.15) is 4.98 Å². The molecule has 3 heterocycles. The van der Waals surface area contributed by atoms with Crippen LogP contribution in [0.3, 0.4) is 0 Å². The van der Waals surface area contributed by atoms with E-state index in [0.29, 0.717) is 38.5 Å². The van der Waals surface area contributed by atoms with Crippen LogP contribution in [0.2, 0.25) is 0 Å². The first-order valence-electron chi connectivity index (χ1n) is 16.5. The van der Waals surface area contributed by atoms with Gasteiger partial charge in [0.25, 0.3) is 0 Å². The Balaban J connectivity index is 1.62. The molecule has 2 amide bonds. The molecule has 2 aromatic carbocycles. The Kier molecular flexibility index (Phi) is 11.4. The molecule has 11 nitrogen and oxygen atoms in total. The van der Waals surface area contributed by atoms with Crippen molar-refractivity contribution in [1.82, 2.24) is 19.4 Å². The zero-order chi connectivity index (χ0) is 36.1. The van der Waals surface area contributed by atoms with Crippen LogP contribution in [0.1, 0.15) is 44.2 Å². The molecule has 0 radical (unpaired) electrons. The molecule has 1 saturated heterocycles. The minimum atomic E-state index is -0.823. The maximum absolute atomic E-state index is 16.2. The number of halogens is 2. The van der Waals surface area contributed by atoms with Crippen LogP contribution in [0.15, 0.2) is 59.9 Å². The van der Waals surface area contributed by atoms with Crippen LogP contribution in [-0.4, -0.2) is 83.9 Å². The molecule has 0 saturated carbocycles. The van der Waals surface area contributed by atoms with Gasteiger partial charge in [-0.1, -0.05) is 38.6 Å². The Hall–Kier alpha value is -5.01. The summed E-state index contributed by atoms with van der Waals surface area (Å²) in [6.45, 7) is 13.3. The zero-order valence-electron chi connectivity index (χ0n) is 29.0. The first-order chi connectivity index (χ1) is 23.9. The molecule has 0 bridgehead atoms. The number of nitrogens with zero attached hydrogens (tertiary/aromatic N) is 5. The van der Waals surface area contributed by atoms with Crippen molar-refractivity contribution in [2.24, 2.45) is 0 Å². The zero-order valence-corrected chi connectivity index (χ0v) is 29.0. The van der Waals surface area contributed by atoms with Gasteiger partial charge in [0, 0.05) is 44.0 Å². The standard InChI is InChI=1S/C37H42F2N6O5/c1-7-32(47)43-14-15-44(24(5)21-43)35-28-20-30(39)33(27-12-11-25(19-29(27)38)40-31(46)13-16-50-18-17-49-6)41-36(28)45(37(48)42-35)34-23(4)9-8-10-26(34)22(2)3/h7-12,19-20,22,24H,1,13-18,21H2,2-6H3,(H,40,46). The number of para-hydroxylation sites is 1. The second-order valence-electron chi connectivity index (χ2n) is 12.5. The van der Waals surface area contributed by atoms with Crippen molar-refractivity contribution in [3.63, 3.8) is 0 Å². The summed E-state index contributed by atoms with van der Waals surface area (Å²) in [7, 11) is 1.55. The molecule has 264 valence electrons. The summed E-state index contributed by atoms with van der Waals surface area (Å²) in [6, 6.07) is 10.5. The summed E-state index contributed by atoms with van der Waals surface area (Å²) in [6.07, 6.45) is 1.31. The number of ether oxygens (including phenoxy) is 2. The van der Waals surface area contributed by atoms with E-state index in [1.54, 1.807) is 12.0 Å². The summed E-state index contributed by atoms with van der Waals surface area (Å²) < 4.78 is 43.5. The van der Waals surface area contributed by atoms with E-state index in [0.717, 1.165) is 17.2 Å². The normalized spacial score (nSPS) is 14.8. The number of anilines is 2. The molecule has 1 atom stereocenters. The van der Waals surface area contributed by atoms with E-state index in [1.165, 1.54) is 28.8 Å². The predicted molar refractivity (Wildman–Crippen MR) is 189 cm³/mol. The van der Waals surface area contributed by atoms with Crippen LogP contribution < -0.4 is 15.9 Å². The monoisotopic (exact) mass is 688 g/mol. The lowest BCUT2D eigenvalue weighted by atomic mass is 9.98. The molecule has 1 fully saturated rings. The molecule has 1 aliphatic rings. The number of hydrogen-bond acceptors (Lipinski definition) is 8. The third-order valence-corrected chi connectivity index (χ3v) is 8.72. The van der Waals surface area contributed by atoms with Crippen molar-refractivity contribution in [3.05, 3.63) is 88.4 Å². The highest BCUT2D eigenvalue weighted by molar-refractivity contribution is 5.92. The van der Waals surface area contributed by atoms with Gasteiger partial charge in [0.1, 0.15) is 23.1 Å². The second kappa shape index (κ2) is 15.7. The van der Waals surface area contributed by atoms with Crippen molar-refractivity contribution in [1.29, 1.82) is 0 Å². The fourth-order valence-corrected chi connectivity index (χ4v) is 6.19. The van der Waals surface area contributed by atoms with Gasteiger partial charge in [0.15, 0.2) is 5.65 Å². The molecular formula is C37H42F2N6O5. The lowest BCUT2D eigenvalue weighted by molar-refractivity contribution is -0.126. The van der Waals surface area contributed by atoms with Gasteiger partial charge in [0.05, 0.1) is 37.3 Å². The highest BCUT2D eigenvalue weighted by Gasteiger charge is 2.30. The van der Waals surface area contributed by atoms with Gasteiger partial charge >= 0.3 is 5.69 Å². The first-order valence-corrected chi connectivity index (χ1v) is 16.5. The summed E-state index contributed by atoms with van der Waals surface area (Å²) in [5.74, 6) is -1.99. The molecule has 4 aromatic rings. The van der Waals surface area contributed by atoms with Crippen LogP contribution in [0.25, 0.3) is 28.0 Å². The van der Waals surface area contributed by atoms with Crippen molar-refractivity contribution < 1.29 is 27.8 Å². The molecule has 1 aliphatic heterocycles. The van der Waals surface area contributed by atoms with Crippen molar-refractivity contribution in [2.45, 2.75) is 46.1 Å². The third-order valence-electron chi connectivity index (χ3n) is 8.72. The van der Waals surface area contributed by atoms with Crippen LogP contribution in [-0.2, 0) is 19.1 Å². The minimum absolute atomic E-state index is 0.0130. The van der Waals surface area contributed by atoms with E-state index in [9.17, 15) is 14.4 Å². The summed E-state index contributed by atoms with van der Waals surface area (Å²) in [5.41, 5.74) is 1.41. The molecule has 0 aliphatic carbocycles. The molecule has 50 heavy (non-hydrogen) atoms. The van der Waals surface area contributed by atoms with E-state index >= 15 is 8.78 Å². The van der Waals surface area contributed by atoms with Crippen molar-refractivity contribution in [3.8, 4) is 16.9 Å². The molecule has 1 unspecified atom stereocenters. The summed E-state index contributed by atoms with van der Waals surface area (Å²) >= 11 is 0. The molecular weight excluding hydrogens is 646 g/mol. The highest BCUT2D eigenvalue weighted by atomic mass is 19.1. The average Bonchev–Trinajstić information content (AvgIpc) is 3.08. The Morgan fingerprint density at radius 2 is 1.86 bits per heavy atom. The molecule has 1 N–H and O–H groups in total. The number of nitrogens with one attached hydrogen (secondary N) is 1. The number of rotatable bonds is 12. The fourth-order valence-electron chi connectivity index (χ4n) is 6.19. The van der Waals surface area contributed by atoms with E-state index in [1.807, 2.05) is 50.8 Å². The predicted octanol–water partition coefficient (Wildman–Crippen LogP) is 5.37. The number of carbonyl (C=O) groups excluding carboxylic acids is 2. The fraction of sp³-hybridized carbons (Fsp3) is 0.378. The second-order valence-corrected chi connectivity index (χ2v) is 12.5. The molecule has 5 rings (SSSR count). The van der Waals surface area contributed by atoms with Crippen LogP contribution >= 0.6 is 0 Å². The van der Waals surface area contributed by atoms with Gasteiger partial charge in [-0.15, -0.1) is 0 Å². The number of amides is 2. The van der Waals surface area contributed by atoms with E-state index in [-0.39, 0.29) is 70.6 Å². The quantitative estimate of drug-likeness (QED) is 0.156. The number of methoxy groups -OCH3 is 1. The summed E-state index contributed by atoms with van der Waals surface area (Å²) in [5, 5.41) is 2.89. The van der Waals surface area contributed by atoms with Crippen LogP contribution in [0.4, 0.5) is 20.3 Å². The third kappa shape index (κ3) is 7.58. The number of pyridine rings is 1. The number of piperazine rings is 1. The Morgan fingerprint density at radius 3 is 2.54 bits per heavy atom. The number of aryl methyl sites for hydroxylation is 1. The highest BCUT2D eigenvalue weighted by Crippen LogP contribution is 2.35. The number of hydrogen-bond donors (Lipinski definition) is 1. The molecule has 2 aromatic heterocycles. The lowest BCUT2D eigenvalue weighted by Gasteiger charge is -2.40. The first kappa shape index (κ1) is 36.3. The average molecular weight is 689 g/mol. The van der Waals surface area contributed by atoms with Crippen molar-refractivity contribution in [2.75, 3.05) is 56.8 Å². The maximum Gasteiger partial charge on any atom is 0.355 e. The van der Waals surface area contributed by atoms with Crippen LogP contribution in [0, 0.1) is 18.6 Å². The Morgan fingerprint density at radius 1 is 1.08 bits per heavy atom. The lowest BCUT2D eigenvalue weighted by Crippen LogP contribution is -2.54. The van der Waals surface area contributed by atoms with E-state index in [2.05, 4.69) is 21.9 Å². The SMILES string of the molecule is C=CC(=O)N1CCN(c2nc(=O)n(-c3c(C)cccc3C(C)C)c3nc(-c4ccc(NC(=O)CCOCCOC)cc4F)c(F)cc23)C(C)C1. The van der Waals surface area contributed by atoms with E-state index < -0.39 is 17.3 Å². The molecule has 13 heteroatoms. The molecule has 0 spiro atoms. The van der Waals surface area contributed by atoms with Gasteiger partial charge in [-0.3, -0.25) is 9.59 Å². The van der Waals surface area contributed by atoms with Gasteiger partial charge in [0.2, 0.25) is 11.8 Å².